The molecule has 0 saturated heterocycles. The molecule has 1 aliphatic carbocycles. The Labute approximate surface area is 191 Å². The summed E-state index contributed by atoms with van der Waals surface area (Å²) in [4.78, 5) is 29.5. The number of hydrogen-bond acceptors (Lipinski definition) is 6. The van der Waals surface area contributed by atoms with Crippen molar-refractivity contribution in [1.82, 2.24) is 24.8 Å². The molecule has 1 N–H and O–H groups in total. The third-order valence-electron chi connectivity index (χ3n) is 6.92. The molecule has 2 amide bonds. The molecular formula is C23H39N5O4. The summed E-state index contributed by atoms with van der Waals surface area (Å²) in [5.41, 5.74) is 0.872. The standard InChI is InChI=1S/C23H39N5O4/c1-17-13-27(18(2)15-29)22(30)10-7-11-28-20(12-24-25-28)16-32-21(17)14-26(3)23(31)19-8-5-4-6-9-19/h12,17-19,21,29H,4-11,13-16H2,1-3H3/t17-,18-,21-/m0/s1. The van der Waals surface area contributed by atoms with Crippen molar-refractivity contribution in [3.63, 3.8) is 0 Å². The highest BCUT2D eigenvalue weighted by Gasteiger charge is 2.31. The van der Waals surface area contributed by atoms with Crippen molar-refractivity contribution in [2.45, 2.75) is 84.1 Å². The van der Waals surface area contributed by atoms with Crippen LogP contribution >= 0.6 is 0 Å². The van der Waals surface area contributed by atoms with E-state index in [1.807, 2.05) is 14.0 Å². The second-order valence-electron chi connectivity index (χ2n) is 9.51. The summed E-state index contributed by atoms with van der Waals surface area (Å²) in [6.45, 7) is 5.72. The number of likely N-dealkylation sites (N-methyl/N-ethyl adjacent to an activating group) is 1. The number of amides is 2. The molecule has 1 aromatic heterocycles. The number of aryl methyl sites for hydroxylation is 1. The van der Waals surface area contributed by atoms with Crippen LogP contribution in [0.5, 0.6) is 0 Å². The van der Waals surface area contributed by atoms with Gasteiger partial charge in [-0.1, -0.05) is 31.4 Å². The van der Waals surface area contributed by atoms with Crippen molar-refractivity contribution in [2.24, 2.45) is 11.8 Å². The number of aliphatic hydroxyl groups is 1. The first-order valence-electron chi connectivity index (χ1n) is 12.0. The molecule has 9 heteroatoms. The first kappa shape index (κ1) is 24.6. The molecule has 3 rings (SSSR count). The fourth-order valence-corrected chi connectivity index (χ4v) is 4.77. The van der Waals surface area contributed by atoms with Crippen LogP contribution in [0.25, 0.3) is 0 Å². The zero-order valence-corrected chi connectivity index (χ0v) is 19.8. The topological polar surface area (TPSA) is 101 Å². The molecule has 0 spiro atoms. The minimum Gasteiger partial charge on any atom is -0.394 e. The fraction of sp³-hybridized carbons (Fsp3) is 0.826. The van der Waals surface area contributed by atoms with Gasteiger partial charge >= 0.3 is 0 Å². The van der Waals surface area contributed by atoms with Crippen molar-refractivity contribution in [2.75, 3.05) is 26.7 Å². The minimum absolute atomic E-state index is 0.0155. The summed E-state index contributed by atoms with van der Waals surface area (Å²) in [5, 5.41) is 17.8. The summed E-state index contributed by atoms with van der Waals surface area (Å²) < 4.78 is 8.11. The van der Waals surface area contributed by atoms with Gasteiger partial charge < -0.3 is 19.6 Å². The van der Waals surface area contributed by atoms with E-state index in [9.17, 15) is 14.7 Å². The van der Waals surface area contributed by atoms with Crippen LogP contribution < -0.4 is 0 Å². The average molecular weight is 450 g/mol. The van der Waals surface area contributed by atoms with Gasteiger partial charge in [0.05, 0.1) is 37.3 Å². The van der Waals surface area contributed by atoms with E-state index < -0.39 is 0 Å². The largest absolute Gasteiger partial charge is 0.394 e. The van der Waals surface area contributed by atoms with E-state index in [1.54, 1.807) is 20.7 Å². The second-order valence-corrected chi connectivity index (χ2v) is 9.51. The molecular weight excluding hydrogens is 410 g/mol. The number of carbonyl (C=O) groups excluding carboxylic acids is 2. The van der Waals surface area contributed by atoms with Crippen molar-refractivity contribution in [3.8, 4) is 0 Å². The number of carbonyl (C=O) groups is 2. The van der Waals surface area contributed by atoms with Gasteiger partial charge in [-0.15, -0.1) is 5.10 Å². The van der Waals surface area contributed by atoms with E-state index in [0.717, 1.165) is 31.4 Å². The molecule has 1 aliphatic heterocycles. The zero-order valence-electron chi connectivity index (χ0n) is 19.8. The number of aromatic nitrogens is 3. The first-order chi connectivity index (χ1) is 15.4. The highest BCUT2D eigenvalue weighted by atomic mass is 16.5. The van der Waals surface area contributed by atoms with E-state index in [2.05, 4.69) is 17.2 Å². The van der Waals surface area contributed by atoms with Crippen LogP contribution in [0.2, 0.25) is 0 Å². The molecule has 1 saturated carbocycles. The highest BCUT2D eigenvalue weighted by Crippen LogP contribution is 2.26. The third kappa shape index (κ3) is 6.28. The van der Waals surface area contributed by atoms with Gasteiger partial charge in [-0.05, 0) is 26.2 Å². The van der Waals surface area contributed by atoms with Gasteiger partial charge in [0.2, 0.25) is 11.8 Å². The summed E-state index contributed by atoms with van der Waals surface area (Å²) >= 11 is 0. The normalized spacial score (nSPS) is 24.9. The monoisotopic (exact) mass is 449 g/mol. The van der Waals surface area contributed by atoms with Gasteiger partial charge in [0, 0.05) is 44.9 Å². The van der Waals surface area contributed by atoms with Crippen LogP contribution in [0, 0.1) is 11.8 Å². The second kappa shape index (κ2) is 11.7. The Morgan fingerprint density at radius 3 is 2.78 bits per heavy atom. The SMILES string of the molecule is C[C@H]1CN([C@@H](C)CO)C(=O)CCCn2nncc2CO[C@H]1CN(C)C(=O)C1CCCCC1. The molecule has 3 atom stereocenters. The lowest BCUT2D eigenvalue weighted by atomic mass is 9.88. The Kier molecular flexibility index (Phi) is 9.04. The molecule has 0 aromatic carbocycles. The third-order valence-corrected chi connectivity index (χ3v) is 6.92. The first-order valence-corrected chi connectivity index (χ1v) is 12.0. The predicted molar refractivity (Wildman–Crippen MR) is 119 cm³/mol. The van der Waals surface area contributed by atoms with E-state index in [4.69, 9.17) is 4.74 Å². The molecule has 32 heavy (non-hydrogen) atoms. The van der Waals surface area contributed by atoms with Gasteiger partial charge in [-0.2, -0.15) is 0 Å². The fourth-order valence-electron chi connectivity index (χ4n) is 4.77. The Morgan fingerprint density at radius 1 is 1.31 bits per heavy atom. The summed E-state index contributed by atoms with van der Waals surface area (Å²) in [6, 6.07) is -0.267. The van der Waals surface area contributed by atoms with Gasteiger partial charge in [0.25, 0.3) is 0 Å². The van der Waals surface area contributed by atoms with Crippen LogP contribution in [0.3, 0.4) is 0 Å². The predicted octanol–water partition coefficient (Wildman–Crippen LogP) is 1.84. The van der Waals surface area contributed by atoms with Crippen molar-refractivity contribution >= 4 is 11.8 Å². The van der Waals surface area contributed by atoms with E-state index in [-0.39, 0.29) is 42.4 Å². The number of hydrogen-bond donors (Lipinski definition) is 1. The van der Waals surface area contributed by atoms with Crippen LogP contribution in [0.15, 0.2) is 6.20 Å². The Bertz CT molecular complexity index is 749. The average Bonchev–Trinajstić information content (AvgIpc) is 3.25. The maximum absolute atomic E-state index is 13.0. The Morgan fingerprint density at radius 2 is 2.06 bits per heavy atom. The molecule has 2 aliphatic rings. The summed E-state index contributed by atoms with van der Waals surface area (Å²) in [6.07, 6.45) is 7.87. The Balaban J connectivity index is 1.77. The molecule has 2 heterocycles. The van der Waals surface area contributed by atoms with Crippen LogP contribution in [0.1, 0.15) is 64.5 Å². The maximum atomic E-state index is 13.0. The van der Waals surface area contributed by atoms with Crippen LogP contribution in [-0.4, -0.2) is 80.6 Å². The molecule has 0 radical (unpaired) electrons. The lowest BCUT2D eigenvalue weighted by Gasteiger charge is -2.36. The molecule has 9 nitrogen and oxygen atoms in total. The van der Waals surface area contributed by atoms with Crippen LogP contribution in [-0.2, 0) is 27.5 Å². The molecule has 0 unspecified atom stereocenters. The number of rotatable bonds is 5. The van der Waals surface area contributed by atoms with E-state index in [0.29, 0.717) is 39.1 Å². The lowest BCUT2D eigenvalue weighted by Crippen LogP contribution is -2.48. The van der Waals surface area contributed by atoms with Crippen molar-refractivity contribution in [1.29, 1.82) is 0 Å². The molecule has 1 aromatic rings. The van der Waals surface area contributed by atoms with E-state index >= 15 is 0 Å². The van der Waals surface area contributed by atoms with Gasteiger partial charge in [-0.3, -0.25) is 9.59 Å². The smallest absolute Gasteiger partial charge is 0.225 e. The number of nitrogens with zero attached hydrogens (tertiary/aromatic N) is 5. The van der Waals surface area contributed by atoms with Crippen molar-refractivity contribution in [3.05, 3.63) is 11.9 Å². The zero-order chi connectivity index (χ0) is 23.1. The highest BCUT2D eigenvalue weighted by molar-refractivity contribution is 5.78. The number of fused-ring (bicyclic) bond motifs is 1. The van der Waals surface area contributed by atoms with E-state index in [1.165, 1.54) is 6.42 Å². The summed E-state index contributed by atoms with van der Waals surface area (Å²) in [7, 11) is 1.86. The van der Waals surface area contributed by atoms with Crippen molar-refractivity contribution < 1.29 is 19.4 Å². The molecule has 180 valence electrons. The maximum Gasteiger partial charge on any atom is 0.225 e. The quantitative estimate of drug-likeness (QED) is 0.736. The molecule has 1 fully saturated rings. The number of ether oxygens (including phenoxy) is 1. The Hall–Kier alpha value is -2.00. The summed E-state index contributed by atoms with van der Waals surface area (Å²) in [5.74, 6) is 0.299. The van der Waals surface area contributed by atoms with Gasteiger partial charge in [-0.25, -0.2) is 4.68 Å². The van der Waals surface area contributed by atoms with Crippen LogP contribution in [0.4, 0.5) is 0 Å². The minimum atomic E-state index is -0.267. The number of aliphatic hydroxyl groups excluding tert-OH is 1. The molecule has 0 bridgehead atoms. The van der Waals surface area contributed by atoms with Gasteiger partial charge in [0.15, 0.2) is 0 Å². The van der Waals surface area contributed by atoms with Gasteiger partial charge in [0.1, 0.15) is 0 Å². The lowest BCUT2D eigenvalue weighted by molar-refractivity contribution is -0.140.